The predicted molar refractivity (Wildman–Crippen MR) is 102 cm³/mol. The van der Waals surface area contributed by atoms with E-state index in [0.29, 0.717) is 28.5 Å². The van der Waals surface area contributed by atoms with Crippen molar-refractivity contribution in [1.29, 1.82) is 0 Å². The van der Waals surface area contributed by atoms with E-state index in [2.05, 4.69) is 10.3 Å². The molecule has 2 aromatic carbocycles. The average molecular weight is 402 g/mol. The maximum atomic E-state index is 12.5. The Morgan fingerprint density at radius 1 is 1.14 bits per heavy atom. The van der Waals surface area contributed by atoms with Crippen molar-refractivity contribution in [2.75, 3.05) is 25.3 Å². The van der Waals surface area contributed by atoms with Gasteiger partial charge in [-0.2, -0.15) is 0 Å². The summed E-state index contributed by atoms with van der Waals surface area (Å²) in [6.07, 6.45) is 2.84. The van der Waals surface area contributed by atoms with Crippen LogP contribution in [0.3, 0.4) is 0 Å². The number of hydrogen-bond acceptors (Lipinski definition) is 7. The molecule has 1 heterocycles. The fourth-order valence-corrected chi connectivity index (χ4v) is 3.73. The lowest BCUT2D eigenvalue weighted by atomic mass is 10.1. The lowest BCUT2D eigenvalue weighted by Crippen LogP contribution is -2.23. The van der Waals surface area contributed by atoms with Crippen molar-refractivity contribution in [2.24, 2.45) is 0 Å². The van der Waals surface area contributed by atoms with Crippen molar-refractivity contribution in [3.63, 3.8) is 0 Å². The molecule has 8 nitrogen and oxygen atoms in total. The van der Waals surface area contributed by atoms with E-state index in [4.69, 9.17) is 13.9 Å². The number of aromatic nitrogens is 1. The molecule has 0 bridgehead atoms. The standard InChI is InChI=1S/C19H18N2O6S/c1-25-14-4-3-5-15(9-14)28(23,24)11-19(22)21-13-6-7-16(17(8-13)26-2)18-10-20-12-27-18/h3-10,12H,11H2,1-2H3,(H,21,22). The summed E-state index contributed by atoms with van der Waals surface area (Å²) < 4.78 is 40.5. The third kappa shape index (κ3) is 4.32. The van der Waals surface area contributed by atoms with Gasteiger partial charge in [-0.25, -0.2) is 13.4 Å². The second-order valence-electron chi connectivity index (χ2n) is 5.77. The number of rotatable bonds is 7. The predicted octanol–water partition coefficient (Wildman–Crippen LogP) is 2.77. The Kier molecular flexibility index (Phi) is 5.65. The SMILES string of the molecule is COc1cccc(S(=O)(=O)CC(=O)Nc2ccc(-c3cnco3)c(OC)c2)c1. The van der Waals surface area contributed by atoms with Gasteiger partial charge in [0.1, 0.15) is 17.3 Å². The second kappa shape index (κ2) is 8.13. The van der Waals surface area contributed by atoms with Crippen LogP contribution in [0.25, 0.3) is 11.3 Å². The number of carbonyl (C=O) groups is 1. The molecule has 3 rings (SSSR count). The highest BCUT2D eigenvalue weighted by atomic mass is 32.2. The number of amides is 1. The molecular formula is C19H18N2O6S. The Morgan fingerprint density at radius 2 is 1.96 bits per heavy atom. The minimum Gasteiger partial charge on any atom is -0.497 e. The van der Waals surface area contributed by atoms with Gasteiger partial charge >= 0.3 is 0 Å². The molecule has 0 aliphatic carbocycles. The normalized spacial score (nSPS) is 11.1. The van der Waals surface area contributed by atoms with Crippen LogP contribution < -0.4 is 14.8 Å². The molecule has 0 saturated heterocycles. The maximum absolute atomic E-state index is 12.5. The van der Waals surface area contributed by atoms with E-state index in [1.807, 2.05) is 0 Å². The minimum atomic E-state index is -3.82. The monoisotopic (exact) mass is 402 g/mol. The van der Waals surface area contributed by atoms with Crippen molar-refractivity contribution in [3.8, 4) is 22.8 Å². The minimum absolute atomic E-state index is 0.0141. The van der Waals surface area contributed by atoms with Crippen LogP contribution in [-0.4, -0.2) is 39.3 Å². The average Bonchev–Trinajstić information content (AvgIpc) is 3.22. The molecular weight excluding hydrogens is 384 g/mol. The first-order valence-corrected chi connectivity index (χ1v) is 9.82. The van der Waals surface area contributed by atoms with Crippen molar-refractivity contribution in [3.05, 3.63) is 55.1 Å². The molecule has 0 saturated carbocycles. The first kappa shape index (κ1) is 19.4. The molecule has 0 aliphatic heterocycles. The van der Waals surface area contributed by atoms with Gasteiger partial charge in [0.15, 0.2) is 22.0 Å². The molecule has 1 amide bonds. The van der Waals surface area contributed by atoms with Crippen molar-refractivity contribution >= 4 is 21.4 Å². The van der Waals surface area contributed by atoms with Gasteiger partial charge in [0.25, 0.3) is 0 Å². The van der Waals surface area contributed by atoms with Gasteiger partial charge in [0.05, 0.1) is 30.9 Å². The number of methoxy groups -OCH3 is 2. The van der Waals surface area contributed by atoms with Crippen LogP contribution >= 0.6 is 0 Å². The Hall–Kier alpha value is -3.33. The topological polar surface area (TPSA) is 108 Å². The van der Waals surface area contributed by atoms with Gasteiger partial charge in [-0.1, -0.05) is 6.07 Å². The number of hydrogen-bond donors (Lipinski definition) is 1. The summed E-state index contributed by atoms with van der Waals surface area (Å²) in [5, 5.41) is 2.57. The number of anilines is 1. The molecule has 0 radical (unpaired) electrons. The first-order chi connectivity index (χ1) is 13.4. The Morgan fingerprint density at radius 3 is 2.64 bits per heavy atom. The summed E-state index contributed by atoms with van der Waals surface area (Å²) >= 11 is 0. The van der Waals surface area contributed by atoms with Gasteiger partial charge in [-0.3, -0.25) is 4.79 Å². The smallest absolute Gasteiger partial charge is 0.239 e. The Bertz CT molecular complexity index is 1080. The van der Waals surface area contributed by atoms with Gasteiger partial charge in [0, 0.05) is 11.8 Å². The van der Waals surface area contributed by atoms with E-state index in [-0.39, 0.29) is 4.90 Å². The molecule has 1 N–H and O–H groups in total. The second-order valence-corrected chi connectivity index (χ2v) is 7.76. The van der Waals surface area contributed by atoms with Gasteiger partial charge < -0.3 is 19.2 Å². The summed E-state index contributed by atoms with van der Waals surface area (Å²) in [6.45, 7) is 0. The summed E-state index contributed by atoms with van der Waals surface area (Å²) in [7, 11) is -0.899. The fourth-order valence-electron chi connectivity index (χ4n) is 2.57. The number of ether oxygens (including phenoxy) is 2. The van der Waals surface area contributed by atoms with E-state index < -0.39 is 21.5 Å². The van der Waals surface area contributed by atoms with Crippen molar-refractivity contribution in [2.45, 2.75) is 4.90 Å². The zero-order chi connectivity index (χ0) is 20.1. The van der Waals surface area contributed by atoms with Gasteiger partial charge in [-0.05, 0) is 30.3 Å². The van der Waals surface area contributed by atoms with E-state index in [1.165, 1.54) is 38.9 Å². The highest BCUT2D eigenvalue weighted by molar-refractivity contribution is 7.92. The zero-order valence-electron chi connectivity index (χ0n) is 15.2. The van der Waals surface area contributed by atoms with Crippen LogP contribution in [0.2, 0.25) is 0 Å². The van der Waals surface area contributed by atoms with E-state index in [9.17, 15) is 13.2 Å². The highest BCUT2D eigenvalue weighted by Crippen LogP contribution is 2.32. The van der Waals surface area contributed by atoms with Crippen LogP contribution in [-0.2, 0) is 14.6 Å². The summed E-state index contributed by atoms with van der Waals surface area (Å²) in [4.78, 5) is 16.2. The number of carbonyl (C=O) groups excluding carboxylic acids is 1. The molecule has 1 aromatic heterocycles. The zero-order valence-corrected chi connectivity index (χ0v) is 16.0. The largest absolute Gasteiger partial charge is 0.497 e. The molecule has 3 aromatic rings. The number of oxazole rings is 1. The molecule has 0 aliphatic rings. The molecule has 0 spiro atoms. The van der Waals surface area contributed by atoms with Crippen molar-refractivity contribution < 1.29 is 27.1 Å². The highest BCUT2D eigenvalue weighted by Gasteiger charge is 2.20. The Labute approximate surface area is 162 Å². The fraction of sp³-hybridized carbons (Fsp3) is 0.158. The first-order valence-electron chi connectivity index (χ1n) is 8.16. The quantitative estimate of drug-likeness (QED) is 0.647. The number of nitrogens with one attached hydrogen (secondary N) is 1. The summed E-state index contributed by atoms with van der Waals surface area (Å²) in [5.41, 5.74) is 1.05. The van der Waals surface area contributed by atoms with Crippen LogP contribution in [0.5, 0.6) is 11.5 Å². The molecule has 0 atom stereocenters. The third-order valence-corrected chi connectivity index (χ3v) is 5.52. The van der Waals surface area contributed by atoms with E-state index >= 15 is 0 Å². The van der Waals surface area contributed by atoms with Crippen LogP contribution in [0.4, 0.5) is 5.69 Å². The Balaban J connectivity index is 1.75. The maximum Gasteiger partial charge on any atom is 0.239 e. The van der Waals surface area contributed by atoms with Crippen LogP contribution in [0, 0.1) is 0 Å². The summed E-state index contributed by atoms with van der Waals surface area (Å²) in [6, 6.07) is 10.9. The number of benzene rings is 2. The molecule has 0 fully saturated rings. The van der Waals surface area contributed by atoms with Crippen molar-refractivity contribution in [1.82, 2.24) is 4.98 Å². The number of sulfone groups is 1. The lowest BCUT2D eigenvalue weighted by molar-refractivity contribution is -0.113. The van der Waals surface area contributed by atoms with Crippen LogP contribution in [0.15, 0.2) is 64.4 Å². The van der Waals surface area contributed by atoms with E-state index in [0.717, 1.165) is 0 Å². The van der Waals surface area contributed by atoms with Crippen LogP contribution in [0.1, 0.15) is 0 Å². The summed E-state index contributed by atoms with van der Waals surface area (Å²) in [5.74, 6) is -0.0150. The molecule has 146 valence electrons. The van der Waals surface area contributed by atoms with Gasteiger partial charge in [0.2, 0.25) is 5.91 Å². The molecule has 0 unspecified atom stereocenters. The third-order valence-electron chi connectivity index (χ3n) is 3.90. The molecule has 28 heavy (non-hydrogen) atoms. The van der Waals surface area contributed by atoms with Gasteiger partial charge in [-0.15, -0.1) is 0 Å². The lowest BCUT2D eigenvalue weighted by Gasteiger charge is -2.11. The van der Waals surface area contributed by atoms with E-state index in [1.54, 1.807) is 30.3 Å². The molecule has 9 heteroatoms. The number of nitrogens with zero attached hydrogens (tertiary/aromatic N) is 1.